The Balaban J connectivity index is 1.97. The van der Waals surface area contributed by atoms with Crippen molar-refractivity contribution in [2.24, 2.45) is 0 Å². The van der Waals surface area contributed by atoms with E-state index in [1.807, 2.05) is 18.2 Å². The summed E-state index contributed by atoms with van der Waals surface area (Å²) in [7, 11) is 0. The highest BCUT2D eigenvalue weighted by molar-refractivity contribution is 6.31. The van der Waals surface area contributed by atoms with E-state index >= 15 is 0 Å². The van der Waals surface area contributed by atoms with Gasteiger partial charge in [0.25, 0.3) is 0 Å². The maximum Gasteiger partial charge on any atom is 0.394 e. The summed E-state index contributed by atoms with van der Waals surface area (Å²) < 4.78 is 0. The number of carboxylic acid groups (broad SMARTS) is 1. The minimum Gasteiger partial charge on any atom is -0.474 e. The smallest absolute Gasteiger partial charge is 0.394 e. The lowest BCUT2D eigenvalue weighted by molar-refractivity contribution is -0.150. The molecule has 1 aromatic rings. The van der Waals surface area contributed by atoms with Gasteiger partial charge in [0.1, 0.15) is 5.82 Å². The van der Waals surface area contributed by atoms with Crippen LogP contribution in [0.25, 0.3) is 0 Å². The number of piperidine rings is 1. The molecule has 0 aliphatic carbocycles. The molecule has 1 saturated heterocycles. The van der Waals surface area contributed by atoms with Crippen LogP contribution in [0.4, 0.5) is 5.82 Å². The highest BCUT2D eigenvalue weighted by atomic mass is 16.4. The molecule has 0 radical (unpaired) electrons. The van der Waals surface area contributed by atoms with Crippen molar-refractivity contribution in [2.45, 2.75) is 18.9 Å². The van der Waals surface area contributed by atoms with Crippen molar-refractivity contribution in [1.82, 2.24) is 10.3 Å². The molecule has 0 bridgehead atoms. The maximum absolute atomic E-state index is 11.1. The predicted octanol–water partition coefficient (Wildman–Crippen LogP) is 0.251. The summed E-state index contributed by atoms with van der Waals surface area (Å²) in [5.74, 6) is -1.53. The van der Waals surface area contributed by atoms with E-state index in [0.717, 1.165) is 25.2 Å². The van der Waals surface area contributed by atoms with Gasteiger partial charge in [0, 0.05) is 25.3 Å². The zero-order chi connectivity index (χ0) is 13.0. The fourth-order valence-electron chi connectivity index (χ4n) is 2.09. The number of nitrogens with zero attached hydrogens (tertiary/aromatic N) is 2. The Labute approximate surface area is 105 Å². The van der Waals surface area contributed by atoms with Crippen molar-refractivity contribution >= 4 is 17.7 Å². The van der Waals surface area contributed by atoms with Gasteiger partial charge in [-0.1, -0.05) is 6.07 Å². The molecular weight excluding hydrogens is 234 g/mol. The molecule has 2 rings (SSSR count). The molecule has 1 aliphatic rings. The number of hydrogen-bond acceptors (Lipinski definition) is 4. The summed E-state index contributed by atoms with van der Waals surface area (Å²) in [6.07, 6.45) is 3.41. The number of hydrogen-bond donors (Lipinski definition) is 2. The third-order valence-corrected chi connectivity index (χ3v) is 2.92. The summed E-state index contributed by atoms with van der Waals surface area (Å²) in [4.78, 5) is 27.9. The first-order valence-electron chi connectivity index (χ1n) is 5.86. The molecule has 18 heavy (non-hydrogen) atoms. The Bertz CT molecular complexity index is 435. The lowest BCUT2D eigenvalue weighted by Crippen LogP contribution is -2.49. The zero-order valence-corrected chi connectivity index (χ0v) is 9.87. The third-order valence-electron chi connectivity index (χ3n) is 2.92. The average molecular weight is 249 g/mol. The molecule has 6 heteroatoms. The molecule has 1 atom stereocenters. The number of rotatable bonds is 2. The number of nitrogens with one attached hydrogen (secondary N) is 1. The fraction of sp³-hybridized carbons (Fsp3) is 0.417. The molecule has 2 N–H and O–H groups in total. The first-order valence-corrected chi connectivity index (χ1v) is 5.86. The minimum atomic E-state index is -1.44. The molecule has 2 heterocycles. The van der Waals surface area contributed by atoms with Crippen LogP contribution in [-0.2, 0) is 9.59 Å². The summed E-state index contributed by atoms with van der Waals surface area (Å²) in [5.41, 5.74) is 0. The Morgan fingerprint density at radius 3 is 2.94 bits per heavy atom. The average Bonchev–Trinajstić information content (AvgIpc) is 2.40. The molecule has 0 aromatic carbocycles. The van der Waals surface area contributed by atoms with Gasteiger partial charge in [-0.3, -0.25) is 4.79 Å². The highest BCUT2D eigenvalue weighted by Gasteiger charge is 2.24. The standard InChI is InChI=1S/C12H15N3O3/c16-11(12(17)18)14-9-4-3-7-15(8-9)10-5-1-2-6-13-10/h1-2,5-6,9H,3-4,7-8H2,(H,14,16)(H,17,18)/t9-/m0/s1. The Kier molecular flexibility index (Phi) is 3.76. The van der Waals surface area contributed by atoms with E-state index < -0.39 is 11.9 Å². The Morgan fingerprint density at radius 1 is 1.44 bits per heavy atom. The van der Waals surface area contributed by atoms with E-state index in [1.165, 1.54) is 0 Å². The first kappa shape index (κ1) is 12.3. The molecule has 1 aromatic heterocycles. The fourth-order valence-corrected chi connectivity index (χ4v) is 2.09. The van der Waals surface area contributed by atoms with Crippen LogP contribution in [0.5, 0.6) is 0 Å². The summed E-state index contributed by atoms with van der Waals surface area (Å²) >= 11 is 0. The minimum absolute atomic E-state index is 0.135. The maximum atomic E-state index is 11.1. The van der Waals surface area contributed by atoms with Crippen LogP contribution in [0.1, 0.15) is 12.8 Å². The van der Waals surface area contributed by atoms with Gasteiger partial charge in [-0.25, -0.2) is 9.78 Å². The lowest BCUT2D eigenvalue weighted by Gasteiger charge is -2.33. The number of anilines is 1. The van der Waals surface area contributed by atoms with Crippen LogP contribution in [0, 0.1) is 0 Å². The van der Waals surface area contributed by atoms with E-state index in [2.05, 4.69) is 15.2 Å². The normalized spacial score (nSPS) is 19.3. The van der Waals surface area contributed by atoms with Gasteiger partial charge in [0.15, 0.2) is 0 Å². The molecule has 6 nitrogen and oxygen atoms in total. The summed E-state index contributed by atoms with van der Waals surface area (Å²) in [6.45, 7) is 1.46. The zero-order valence-electron chi connectivity index (χ0n) is 9.87. The number of aromatic nitrogens is 1. The van der Waals surface area contributed by atoms with Crippen molar-refractivity contribution in [3.05, 3.63) is 24.4 Å². The molecule has 96 valence electrons. The van der Waals surface area contributed by atoms with Crippen LogP contribution in [0.3, 0.4) is 0 Å². The van der Waals surface area contributed by atoms with Crippen molar-refractivity contribution in [1.29, 1.82) is 0 Å². The number of carbonyl (C=O) groups excluding carboxylic acids is 1. The number of aliphatic carboxylic acids is 1. The number of amides is 1. The molecule has 0 unspecified atom stereocenters. The van der Waals surface area contributed by atoms with E-state index in [1.54, 1.807) is 6.20 Å². The molecule has 0 saturated carbocycles. The van der Waals surface area contributed by atoms with Gasteiger partial charge in [0.2, 0.25) is 0 Å². The third kappa shape index (κ3) is 2.97. The summed E-state index contributed by atoms with van der Waals surface area (Å²) in [5, 5.41) is 11.1. The van der Waals surface area contributed by atoms with Crippen molar-refractivity contribution in [3.8, 4) is 0 Å². The number of carbonyl (C=O) groups is 2. The van der Waals surface area contributed by atoms with Gasteiger partial charge in [-0.05, 0) is 25.0 Å². The summed E-state index contributed by atoms with van der Waals surface area (Å²) in [6, 6.07) is 5.52. The monoisotopic (exact) mass is 249 g/mol. The van der Waals surface area contributed by atoms with Gasteiger partial charge >= 0.3 is 11.9 Å². The van der Waals surface area contributed by atoms with E-state index in [9.17, 15) is 9.59 Å². The second-order valence-electron chi connectivity index (χ2n) is 4.25. The molecule has 0 spiro atoms. The molecule has 1 aliphatic heterocycles. The van der Waals surface area contributed by atoms with Crippen molar-refractivity contribution in [3.63, 3.8) is 0 Å². The largest absolute Gasteiger partial charge is 0.474 e. The first-order chi connectivity index (χ1) is 8.66. The quantitative estimate of drug-likeness (QED) is 0.734. The van der Waals surface area contributed by atoms with Crippen LogP contribution < -0.4 is 10.2 Å². The Hall–Kier alpha value is -2.11. The van der Waals surface area contributed by atoms with Crippen molar-refractivity contribution in [2.75, 3.05) is 18.0 Å². The lowest BCUT2D eigenvalue weighted by atomic mass is 10.1. The topological polar surface area (TPSA) is 82.5 Å². The van der Waals surface area contributed by atoms with Gasteiger partial charge < -0.3 is 15.3 Å². The molecule has 1 amide bonds. The second-order valence-corrected chi connectivity index (χ2v) is 4.25. The van der Waals surface area contributed by atoms with Gasteiger partial charge in [-0.2, -0.15) is 0 Å². The van der Waals surface area contributed by atoms with E-state index in [4.69, 9.17) is 5.11 Å². The number of pyridine rings is 1. The van der Waals surface area contributed by atoms with E-state index in [0.29, 0.717) is 6.54 Å². The second kappa shape index (κ2) is 5.48. The SMILES string of the molecule is O=C(O)C(=O)N[C@H]1CCCN(c2ccccn2)C1. The van der Waals surface area contributed by atoms with Crippen LogP contribution in [0.2, 0.25) is 0 Å². The van der Waals surface area contributed by atoms with Gasteiger partial charge in [-0.15, -0.1) is 0 Å². The Morgan fingerprint density at radius 2 is 2.28 bits per heavy atom. The molecule has 1 fully saturated rings. The number of carboxylic acids is 1. The highest BCUT2D eigenvalue weighted by Crippen LogP contribution is 2.16. The van der Waals surface area contributed by atoms with Gasteiger partial charge in [0.05, 0.1) is 0 Å². The van der Waals surface area contributed by atoms with Crippen LogP contribution in [-0.4, -0.2) is 41.1 Å². The molecular formula is C12H15N3O3. The van der Waals surface area contributed by atoms with Crippen molar-refractivity contribution < 1.29 is 14.7 Å². The van der Waals surface area contributed by atoms with Crippen LogP contribution in [0.15, 0.2) is 24.4 Å². The van der Waals surface area contributed by atoms with Crippen LogP contribution >= 0.6 is 0 Å². The van der Waals surface area contributed by atoms with E-state index in [-0.39, 0.29) is 6.04 Å². The predicted molar refractivity (Wildman–Crippen MR) is 65.3 cm³/mol.